The molecule has 2 aromatic carbocycles. The fourth-order valence-electron chi connectivity index (χ4n) is 3.26. The average molecular weight is 435 g/mol. The van der Waals surface area contributed by atoms with Crippen LogP contribution in [0.3, 0.4) is 0 Å². The van der Waals surface area contributed by atoms with E-state index < -0.39 is 0 Å². The Balaban J connectivity index is 1.55. The van der Waals surface area contributed by atoms with Crippen LogP contribution in [0.5, 0.6) is 5.75 Å². The molecule has 0 aliphatic carbocycles. The molecule has 1 N–H and O–H groups in total. The number of hydrogen-bond donors (Lipinski definition) is 1. The number of ether oxygens (including phenoxy) is 1. The zero-order valence-corrected chi connectivity index (χ0v) is 18.3. The number of aromatic nitrogens is 2. The molecule has 4 aromatic rings. The minimum absolute atomic E-state index is 0.149. The van der Waals surface area contributed by atoms with E-state index in [4.69, 9.17) is 4.74 Å². The van der Waals surface area contributed by atoms with Crippen LogP contribution in [0.4, 0.5) is 5.69 Å². The van der Waals surface area contributed by atoms with Gasteiger partial charge in [0.2, 0.25) is 5.91 Å². The highest BCUT2D eigenvalue weighted by atomic mass is 32.1. The monoisotopic (exact) mass is 434 g/mol. The lowest BCUT2D eigenvalue weighted by Crippen LogP contribution is -2.22. The largest absolute Gasteiger partial charge is 0.495 e. The number of nitrogens with one attached hydrogen (secondary N) is 1. The number of thiazole rings is 1. The second-order valence-corrected chi connectivity index (χ2v) is 8.05. The molecule has 0 atom stereocenters. The molecule has 7 nitrogen and oxygen atoms in total. The number of amides is 2. The molecular formula is C23H22N4O3S. The summed E-state index contributed by atoms with van der Waals surface area (Å²) in [5, 5.41) is 4.80. The van der Waals surface area contributed by atoms with Crippen LogP contribution < -0.4 is 10.1 Å². The Labute approximate surface area is 183 Å². The predicted octanol–water partition coefficient (Wildman–Crippen LogP) is 3.95. The van der Waals surface area contributed by atoms with E-state index in [1.807, 2.05) is 46.3 Å². The van der Waals surface area contributed by atoms with Crippen molar-refractivity contribution >= 4 is 33.8 Å². The Bertz CT molecular complexity index is 1240. The number of anilines is 1. The van der Waals surface area contributed by atoms with Crippen LogP contribution in [0.25, 0.3) is 16.2 Å². The van der Waals surface area contributed by atoms with E-state index in [9.17, 15) is 9.59 Å². The van der Waals surface area contributed by atoms with Crippen molar-refractivity contribution in [1.29, 1.82) is 0 Å². The van der Waals surface area contributed by atoms with Crippen molar-refractivity contribution in [3.63, 3.8) is 0 Å². The van der Waals surface area contributed by atoms with Gasteiger partial charge in [0.1, 0.15) is 5.75 Å². The summed E-state index contributed by atoms with van der Waals surface area (Å²) in [6.45, 7) is 0. The molecule has 2 amide bonds. The van der Waals surface area contributed by atoms with Gasteiger partial charge in [0, 0.05) is 42.5 Å². The Morgan fingerprint density at radius 3 is 2.65 bits per heavy atom. The molecule has 158 valence electrons. The molecular weight excluding hydrogens is 412 g/mol. The Morgan fingerprint density at radius 1 is 1.16 bits per heavy atom. The SMILES string of the molecule is COc1ccc(C(=O)N(C)C)cc1NC(=O)Cc1csc2nc(-c3ccccc3)cn12. The molecule has 0 aliphatic heterocycles. The number of benzene rings is 2. The number of fused-ring (bicyclic) bond motifs is 1. The Hall–Kier alpha value is -3.65. The fraction of sp³-hybridized carbons (Fsp3) is 0.174. The fourth-order valence-corrected chi connectivity index (χ4v) is 4.13. The number of carbonyl (C=O) groups is 2. The van der Waals surface area contributed by atoms with Crippen LogP contribution in [-0.4, -0.2) is 47.3 Å². The Morgan fingerprint density at radius 2 is 1.94 bits per heavy atom. The number of imidazole rings is 1. The topological polar surface area (TPSA) is 75.9 Å². The average Bonchev–Trinajstić information content (AvgIpc) is 3.35. The first kappa shape index (κ1) is 20.6. The summed E-state index contributed by atoms with van der Waals surface area (Å²) in [4.78, 5) is 32.0. The van der Waals surface area contributed by atoms with Gasteiger partial charge in [-0.1, -0.05) is 30.3 Å². The van der Waals surface area contributed by atoms with E-state index in [0.717, 1.165) is 21.9 Å². The lowest BCUT2D eigenvalue weighted by atomic mass is 10.1. The number of methoxy groups -OCH3 is 1. The first-order valence-corrected chi connectivity index (χ1v) is 10.5. The van der Waals surface area contributed by atoms with Crippen molar-refractivity contribution in [1.82, 2.24) is 14.3 Å². The highest BCUT2D eigenvalue weighted by Crippen LogP contribution is 2.27. The standard InChI is InChI=1S/C23H22N4O3S/c1-26(2)22(29)16-9-10-20(30-3)18(11-16)24-21(28)12-17-14-31-23-25-19(13-27(17)23)15-7-5-4-6-8-15/h4-11,13-14H,12H2,1-3H3,(H,24,28). The normalized spacial score (nSPS) is 10.8. The van der Waals surface area contributed by atoms with Crippen LogP contribution in [0.15, 0.2) is 60.1 Å². The lowest BCUT2D eigenvalue weighted by Gasteiger charge is -2.14. The molecule has 0 saturated carbocycles. The molecule has 0 saturated heterocycles. The van der Waals surface area contributed by atoms with Crippen LogP contribution in [-0.2, 0) is 11.2 Å². The summed E-state index contributed by atoms with van der Waals surface area (Å²) in [7, 11) is 4.89. The molecule has 0 fully saturated rings. The van der Waals surface area contributed by atoms with Gasteiger partial charge < -0.3 is 15.0 Å². The van der Waals surface area contributed by atoms with Gasteiger partial charge in [-0.15, -0.1) is 11.3 Å². The first-order chi connectivity index (χ1) is 15.0. The summed E-state index contributed by atoms with van der Waals surface area (Å²) in [6.07, 6.45) is 2.11. The highest BCUT2D eigenvalue weighted by Gasteiger charge is 2.16. The minimum atomic E-state index is -0.206. The molecule has 0 unspecified atom stereocenters. The zero-order valence-electron chi connectivity index (χ0n) is 17.5. The van der Waals surface area contributed by atoms with Crippen LogP contribution in [0.1, 0.15) is 16.1 Å². The highest BCUT2D eigenvalue weighted by molar-refractivity contribution is 7.15. The number of carbonyl (C=O) groups excluding carboxylic acids is 2. The van der Waals surface area contributed by atoms with Gasteiger partial charge in [-0.2, -0.15) is 0 Å². The van der Waals surface area contributed by atoms with Crippen molar-refractivity contribution in [3.8, 4) is 17.0 Å². The first-order valence-electron chi connectivity index (χ1n) is 9.66. The molecule has 0 radical (unpaired) electrons. The second kappa shape index (κ2) is 8.61. The van der Waals surface area contributed by atoms with Crippen LogP contribution >= 0.6 is 11.3 Å². The smallest absolute Gasteiger partial charge is 0.253 e. The lowest BCUT2D eigenvalue weighted by molar-refractivity contribution is -0.115. The van der Waals surface area contributed by atoms with E-state index in [-0.39, 0.29) is 18.2 Å². The van der Waals surface area contributed by atoms with Gasteiger partial charge in [-0.25, -0.2) is 4.98 Å². The van der Waals surface area contributed by atoms with E-state index in [2.05, 4.69) is 10.3 Å². The van der Waals surface area contributed by atoms with Crippen molar-refractivity contribution in [2.45, 2.75) is 6.42 Å². The van der Waals surface area contributed by atoms with E-state index in [0.29, 0.717) is 17.0 Å². The molecule has 0 spiro atoms. The van der Waals surface area contributed by atoms with Crippen LogP contribution in [0.2, 0.25) is 0 Å². The third-order valence-electron chi connectivity index (χ3n) is 4.82. The number of rotatable bonds is 6. The minimum Gasteiger partial charge on any atom is -0.495 e. The maximum atomic E-state index is 12.8. The molecule has 2 aromatic heterocycles. The summed E-state index contributed by atoms with van der Waals surface area (Å²) >= 11 is 1.49. The van der Waals surface area contributed by atoms with Gasteiger partial charge in [0.15, 0.2) is 4.96 Å². The third kappa shape index (κ3) is 4.29. The van der Waals surface area contributed by atoms with Gasteiger partial charge in [0.25, 0.3) is 5.91 Å². The van der Waals surface area contributed by atoms with Gasteiger partial charge in [0.05, 0.1) is 24.9 Å². The summed E-state index contributed by atoms with van der Waals surface area (Å²) in [5.41, 5.74) is 3.67. The van der Waals surface area contributed by atoms with Crippen molar-refractivity contribution in [3.05, 3.63) is 71.4 Å². The molecule has 0 aliphatic rings. The molecule has 2 heterocycles. The Kier molecular flexibility index (Phi) is 5.73. The van der Waals surface area contributed by atoms with E-state index >= 15 is 0 Å². The molecule has 31 heavy (non-hydrogen) atoms. The van der Waals surface area contributed by atoms with Crippen molar-refractivity contribution in [2.24, 2.45) is 0 Å². The van der Waals surface area contributed by atoms with Crippen LogP contribution in [0, 0.1) is 0 Å². The number of nitrogens with zero attached hydrogens (tertiary/aromatic N) is 3. The maximum Gasteiger partial charge on any atom is 0.253 e. The van der Waals surface area contributed by atoms with Gasteiger partial charge in [-0.05, 0) is 18.2 Å². The van der Waals surface area contributed by atoms with E-state index in [1.54, 1.807) is 32.3 Å². The quantitative estimate of drug-likeness (QED) is 0.499. The van der Waals surface area contributed by atoms with Gasteiger partial charge >= 0.3 is 0 Å². The summed E-state index contributed by atoms with van der Waals surface area (Å²) < 4.78 is 7.29. The van der Waals surface area contributed by atoms with Crippen molar-refractivity contribution in [2.75, 3.05) is 26.5 Å². The predicted molar refractivity (Wildman–Crippen MR) is 122 cm³/mol. The molecule has 0 bridgehead atoms. The molecule has 8 heteroatoms. The van der Waals surface area contributed by atoms with Crippen molar-refractivity contribution < 1.29 is 14.3 Å². The maximum absolute atomic E-state index is 12.8. The third-order valence-corrected chi connectivity index (χ3v) is 5.71. The summed E-state index contributed by atoms with van der Waals surface area (Å²) in [6, 6.07) is 14.9. The van der Waals surface area contributed by atoms with E-state index in [1.165, 1.54) is 23.3 Å². The van der Waals surface area contributed by atoms with Gasteiger partial charge in [-0.3, -0.25) is 14.0 Å². The number of hydrogen-bond acceptors (Lipinski definition) is 5. The molecule has 4 rings (SSSR count). The second-order valence-electron chi connectivity index (χ2n) is 7.21. The zero-order chi connectivity index (χ0) is 22.0. The summed E-state index contributed by atoms with van der Waals surface area (Å²) in [5.74, 6) is 0.139.